The van der Waals surface area contributed by atoms with Crippen LogP contribution in [0.1, 0.15) is 16.1 Å². The first-order valence-electron chi connectivity index (χ1n) is 7.18. The van der Waals surface area contributed by atoms with Crippen molar-refractivity contribution in [3.8, 4) is 0 Å². The molecule has 25 heavy (non-hydrogen) atoms. The summed E-state index contributed by atoms with van der Waals surface area (Å²) < 4.78 is 6.53. The van der Waals surface area contributed by atoms with Gasteiger partial charge in [0.1, 0.15) is 5.56 Å². The van der Waals surface area contributed by atoms with Crippen LogP contribution in [0.4, 0.5) is 5.69 Å². The van der Waals surface area contributed by atoms with Crippen LogP contribution < -0.4 is 5.32 Å². The first kappa shape index (κ1) is 17.2. The van der Waals surface area contributed by atoms with E-state index in [0.29, 0.717) is 22.1 Å². The van der Waals surface area contributed by atoms with Gasteiger partial charge in [0.15, 0.2) is 12.3 Å². The van der Waals surface area contributed by atoms with E-state index in [9.17, 15) is 9.59 Å². The lowest BCUT2D eigenvalue weighted by Gasteiger charge is -2.08. The van der Waals surface area contributed by atoms with Gasteiger partial charge < -0.3 is 10.1 Å². The molecule has 0 aliphatic heterocycles. The summed E-state index contributed by atoms with van der Waals surface area (Å²) in [5.74, 6) is -1.22. The molecular weight excluding hydrogens is 367 g/mol. The minimum atomic E-state index is -0.682. The molecule has 7 nitrogen and oxygen atoms in total. The van der Waals surface area contributed by atoms with Crippen molar-refractivity contribution in [2.75, 3.05) is 11.9 Å². The minimum Gasteiger partial charge on any atom is -0.452 e. The molecule has 1 N–H and O–H groups in total. The second-order valence-corrected chi connectivity index (χ2v) is 5.86. The first-order chi connectivity index (χ1) is 12.0. The Kier molecular flexibility index (Phi) is 4.87. The van der Waals surface area contributed by atoms with Crippen molar-refractivity contribution in [2.24, 2.45) is 0 Å². The topological polar surface area (TPSA) is 85.6 Å². The summed E-state index contributed by atoms with van der Waals surface area (Å²) in [6, 6.07) is 6.52. The number of hydrogen-bond acceptors (Lipinski definition) is 5. The molecule has 0 bridgehead atoms. The van der Waals surface area contributed by atoms with Gasteiger partial charge in [-0.15, -0.1) is 0 Å². The summed E-state index contributed by atoms with van der Waals surface area (Å²) in [4.78, 5) is 28.4. The number of fused-ring (bicyclic) bond motifs is 1. The molecule has 128 valence electrons. The van der Waals surface area contributed by atoms with Gasteiger partial charge in [0.05, 0.1) is 21.4 Å². The van der Waals surface area contributed by atoms with E-state index < -0.39 is 18.5 Å². The highest BCUT2D eigenvalue weighted by Gasteiger charge is 2.20. The van der Waals surface area contributed by atoms with Crippen molar-refractivity contribution in [1.29, 1.82) is 0 Å². The molecule has 0 atom stereocenters. The SMILES string of the molecule is Cc1nn2cccnc2c1C(=O)OCC(=O)Nc1cccc(Cl)c1Cl. The van der Waals surface area contributed by atoms with Gasteiger partial charge in [-0.2, -0.15) is 5.10 Å². The Bertz CT molecular complexity index is 971. The van der Waals surface area contributed by atoms with Gasteiger partial charge in [0.25, 0.3) is 5.91 Å². The number of anilines is 1. The predicted molar refractivity (Wildman–Crippen MR) is 93.1 cm³/mol. The molecule has 0 aliphatic rings. The molecule has 0 saturated heterocycles. The van der Waals surface area contributed by atoms with Crippen LogP contribution >= 0.6 is 23.2 Å². The molecule has 9 heteroatoms. The van der Waals surface area contributed by atoms with Gasteiger partial charge in [0.2, 0.25) is 0 Å². The van der Waals surface area contributed by atoms with Gasteiger partial charge in [-0.05, 0) is 25.1 Å². The Hall–Kier alpha value is -2.64. The second-order valence-electron chi connectivity index (χ2n) is 5.07. The summed E-state index contributed by atoms with van der Waals surface area (Å²) in [5.41, 5.74) is 1.38. The van der Waals surface area contributed by atoms with E-state index in [-0.39, 0.29) is 10.6 Å². The molecule has 3 rings (SSSR count). The summed E-state index contributed by atoms with van der Waals surface area (Å²) >= 11 is 11.9. The molecule has 1 aromatic carbocycles. The van der Waals surface area contributed by atoms with Gasteiger partial charge in [0, 0.05) is 12.4 Å². The molecule has 0 spiro atoms. The van der Waals surface area contributed by atoms with Crippen LogP contribution in [0.25, 0.3) is 5.65 Å². The van der Waals surface area contributed by atoms with Crippen molar-refractivity contribution >= 4 is 46.4 Å². The number of carbonyl (C=O) groups is 2. The van der Waals surface area contributed by atoms with Crippen molar-refractivity contribution < 1.29 is 14.3 Å². The zero-order valence-corrected chi connectivity index (χ0v) is 14.5. The Morgan fingerprint density at radius 3 is 2.88 bits per heavy atom. The maximum Gasteiger partial charge on any atom is 0.344 e. The molecule has 0 aliphatic carbocycles. The zero-order valence-electron chi connectivity index (χ0n) is 13.0. The number of esters is 1. The number of amides is 1. The number of rotatable bonds is 4. The number of carbonyl (C=O) groups excluding carboxylic acids is 2. The monoisotopic (exact) mass is 378 g/mol. The Morgan fingerprint density at radius 2 is 2.08 bits per heavy atom. The number of halogens is 2. The molecule has 0 unspecified atom stereocenters. The van der Waals surface area contributed by atoms with E-state index >= 15 is 0 Å². The lowest BCUT2D eigenvalue weighted by atomic mass is 10.2. The van der Waals surface area contributed by atoms with Crippen molar-refractivity contribution in [2.45, 2.75) is 6.92 Å². The van der Waals surface area contributed by atoms with E-state index in [2.05, 4.69) is 15.4 Å². The predicted octanol–water partition coefficient (Wildman–Crippen LogP) is 3.14. The largest absolute Gasteiger partial charge is 0.452 e. The molecule has 1 amide bonds. The lowest BCUT2D eigenvalue weighted by molar-refractivity contribution is -0.119. The first-order valence-corrected chi connectivity index (χ1v) is 7.94. The van der Waals surface area contributed by atoms with Crippen LogP contribution in [-0.4, -0.2) is 33.1 Å². The van der Waals surface area contributed by atoms with Crippen LogP contribution in [0.3, 0.4) is 0 Å². The van der Waals surface area contributed by atoms with Gasteiger partial charge in [-0.1, -0.05) is 29.3 Å². The van der Waals surface area contributed by atoms with Crippen LogP contribution in [0.5, 0.6) is 0 Å². The summed E-state index contributed by atoms with van der Waals surface area (Å²) in [7, 11) is 0. The highest BCUT2D eigenvalue weighted by Crippen LogP contribution is 2.29. The minimum absolute atomic E-state index is 0.214. The average Bonchev–Trinajstić information content (AvgIpc) is 2.92. The van der Waals surface area contributed by atoms with E-state index in [1.54, 1.807) is 43.6 Å². The number of nitrogens with zero attached hydrogens (tertiary/aromatic N) is 3. The van der Waals surface area contributed by atoms with Crippen molar-refractivity contribution in [3.63, 3.8) is 0 Å². The third kappa shape index (κ3) is 3.57. The molecule has 2 heterocycles. The lowest BCUT2D eigenvalue weighted by Crippen LogP contribution is -2.21. The van der Waals surface area contributed by atoms with E-state index in [0.717, 1.165) is 0 Å². The standard InChI is InChI=1S/C16H12Cl2N4O3/c1-9-13(15-19-6-3-7-22(15)21-9)16(24)25-8-12(23)20-11-5-2-4-10(17)14(11)18/h2-7H,8H2,1H3,(H,20,23). The van der Waals surface area contributed by atoms with E-state index in [4.69, 9.17) is 27.9 Å². The van der Waals surface area contributed by atoms with Crippen LogP contribution in [0, 0.1) is 6.92 Å². The highest BCUT2D eigenvalue weighted by molar-refractivity contribution is 6.44. The summed E-state index contributed by atoms with van der Waals surface area (Å²) in [5, 5.41) is 7.23. The summed E-state index contributed by atoms with van der Waals surface area (Å²) in [6.45, 7) is 1.18. The zero-order chi connectivity index (χ0) is 18.0. The number of nitrogens with one attached hydrogen (secondary N) is 1. The van der Waals surface area contributed by atoms with Crippen LogP contribution in [0.2, 0.25) is 10.0 Å². The van der Waals surface area contributed by atoms with Crippen molar-refractivity contribution in [3.05, 3.63) is 58.0 Å². The van der Waals surface area contributed by atoms with Crippen LogP contribution in [0.15, 0.2) is 36.7 Å². The smallest absolute Gasteiger partial charge is 0.344 e. The normalized spacial score (nSPS) is 10.7. The van der Waals surface area contributed by atoms with E-state index in [1.807, 2.05) is 0 Å². The quantitative estimate of drug-likeness (QED) is 0.704. The van der Waals surface area contributed by atoms with Crippen LogP contribution in [-0.2, 0) is 9.53 Å². The van der Waals surface area contributed by atoms with E-state index in [1.165, 1.54) is 4.52 Å². The maximum atomic E-state index is 12.3. The summed E-state index contributed by atoms with van der Waals surface area (Å²) in [6.07, 6.45) is 3.21. The Balaban J connectivity index is 1.68. The molecule has 3 aromatic rings. The number of benzene rings is 1. The fourth-order valence-corrected chi connectivity index (χ4v) is 2.57. The number of ether oxygens (including phenoxy) is 1. The molecule has 0 radical (unpaired) electrons. The fourth-order valence-electron chi connectivity index (χ4n) is 2.23. The van der Waals surface area contributed by atoms with Gasteiger partial charge >= 0.3 is 5.97 Å². The maximum absolute atomic E-state index is 12.3. The third-order valence-electron chi connectivity index (χ3n) is 3.33. The molecular formula is C16H12Cl2N4O3. The molecule has 0 saturated carbocycles. The highest BCUT2D eigenvalue weighted by atomic mass is 35.5. The second kappa shape index (κ2) is 7.08. The Morgan fingerprint density at radius 1 is 1.28 bits per heavy atom. The molecule has 2 aromatic heterocycles. The van der Waals surface area contributed by atoms with Gasteiger partial charge in [-0.3, -0.25) is 4.79 Å². The fraction of sp³-hybridized carbons (Fsp3) is 0.125. The molecule has 0 fully saturated rings. The average molecular weight is 379 g/mol. The third-order valence-corrected chi connectivity index (χ3v) is 4.15. The number of aryl methyl sites for hydroxylation is 1. The van der Waals surface area contributed by atoms with Gasteiger partial charge in [-0.25, -0.2) is 14.3 Å². The number of hydrogen-bond donors (Lipinski definition) is 1. The van der Waals surface area contributed by atoms with Crippen molar-refractivity contribution in [1.82, 2.24) is 14.6 Å². The number of aromatic nitrogens is 3. The Labute approximate surface area is 152 Å².